The van der Waals surface area contributed by atoms with E-state index in [4.69, 9.17) is 10.5 Å². The fourth-order valence-corrected chi connectivity index (χ4v) is 2.37. The van der Waals surface area contributed by atoms with E-state index in [1.54, 1.807) is 17.9 Å². The minimum atomic E-state index is -0.755. The van der Waals surface area contributed by atoms with Crippen LogP contribution < -0.4 is 10.5 Å². The summed E-state index contributed by atoms with van der Waals surface area (Å²) in [6.45, 7) is 3.30. The first-order valence-corrected chi connectivity index (χ1v) is 6.95. The minimum Gasteiger partial charge on any atom is -0.474 e. The van der Waals surface area contributed by atoms with Crippen molar-refractivity contribution in [3.05, 3.63) is 33.9 Å². The van der Waals surface area contributed by atoms with Crippen molar-refractivity contribution in [2.45, 2.75) is 32.4 Å². The predicted octanol–water partition coefficient (Wildman–Crippen LogP) is 1.44. The Labute approximate surface area is 122 Å². The third kappa shape index (κ3) is 3.49. The van der Waals surface area contributed by atoms with Gasteiger partial charge < -0.3 is 15.4 Å². The standard InChI is InChI=1S/C14H19N3O4/c1-10(14(18)16-6-2-3-7-16)21-13-8-11(9-15)4-5-12(13)17(19)20/h4-5,8,10H,2-3,6-7,9,15H2,1H3. The van der Waals surface area contributed by atoms with Gasteiger partial charge in [0.05, 0.1) is 4.92 Å². The molecule has 1 fully saturated rings. The van der Waals surface area contributed by atoms with Crippen LogP contribution in [0.15, 0.2) is 18.2 Å². The number of ether oxygens (including phenoxy) is 1. The van der Waals surface area contributed by atoms with Gasteiger partial charge in [-0.25, -0.2) is 0 Å². The monoisotopic (exact) mass is 293 g/mol. The third-order valence-electron chi connectivity index (χ3n) is 3.53. The van der Waals surface area contributed by atoms with Crippen LogP contribution in [0.2, 0.25) is 0 Å². The normalized spacial score (nSPS) is 15.8. The van der Waals surface area contributed by atoms with Crippen molar-refractivity contribution < 1.29 is 14.5 Å². The average molecular weight is 293 g/mol. The van der Waals surface area contributed by atoms with Gasteiger partial charge in [0.25, 0.3) is 5.91 Å². The molecule has 1 aliphatic rings. The van der Waals surface area contributed by atoms with Crippen molar-refractivity contribution in [1.29, 1.82) is 0 Å². The number of benzene rings is 1. The second-order valence-electron chi connectivity index (χ2n) is 5.06. The largest absolute Gasteiger partial charge is 0.474 e. The van der Waals surface area contributed by atoms with Crippen LogP contribution in [-0.2, 0) is 11.3 Å². The summed E-state index contributed by atoms with van der Waals surface area (Å²) in [6, 6.07) is 4.45. The topological polar surface area (TPSA) is 98.7 Å². The summed E-state index contributed by atoms with van der Waals surface area (Å²) in [5.41, 5.74) is 6.09. The predicted molar refractivity (Wildman–Crippen MR) is 76.9 cm³/mol. The van der Waals surface area contributed by atoms with E-state index >= 15 is 0 Å². The summed E-state index contributed by atoms with van der Waals surface area (Å²) in [6.07, 6.45) is 1.22. The Morgan fingerprint density at radius 3 is 2.71 bits per heavy atom. The zero-order valence-electron chi connectivity index (χ0n) is 11.9. The smallest absolute Gasteiger partial charge is 0.310 e. The van der Waals surface area contributed by atoms with Crippen molar-refractivity contribution in [2.75, 3.05) is 13.1 Å². The fraction of sp³-hybridized carbons (Fsp3) is 0.500. The van der Waals surface area contributed by atoms with Crippen LogP contribution in [0.3, 0.4) is 0 Å². The van der Waals surface area contributed by atoms with E-state index in [2.05, 4.69) is 0 Å². The Morgan fingerprint density at radius 2 is 2.14 bits per heavy atom. The van der Waals surface area contributed by atoms with E-state index < -0.39 is 11.0 Å². The molecule has 21 heavy (non-hydrogen) atoms. The summed E-state index contributed by atoms with van der Waals surface area (Å²) in [5.74, 6) is -0.0528. The first kappa shape index (κ1) is 15.2. The van der Waals surface area contributed by atoms with Crippen molar-refractivity contribution in [2.24, 2.45) is 5.73 Å². The zero-order chi connectivity index (χ0) is 15.4. The van der Waals surface area contributed by atoms with Gasteiger partial charge in [0.2, 0.25) is 0 Å². The molecule has 1 saturated heterocycles. The maximum atomic E-state index is 12.2. The molecule has 1 heterocycles. The molecule has 1 aliphatic heterocycles. The molecular weight excluding hydrogens is 274 g/mol. The van der Waals surface area contributed by atoms with Crippen molar-refractivity contribution in [3.63, 3.8) is 0 Å². The molecule has 2 N–H and O–H groups in total. The molecule has 0 aromatic heterocycles. The van der Waals surface area contributed by atoms with E-state index in [0.29, 0.717) is 0 Å². The highest BCUT2D eigenvalue weighted by Gasteiger charge is 2.26. The van der Waals surface area contributed by atoms with Crippen LogP contribution in [0.1, 0.15) is 25.3 Å². The first-order chi connectivity index (χ1) is 10.0. The van der Waals surface area contributed by atoms with Crippen LogP contribution in [0.25, 0.3) is 0 Å². The van der Waals surface area contributed by atoms with Crippen LogP contribution in [0, 0.1) is 10.1 Å². The lowest BCUT2D eigenvalue weighted by Crippen LogP contribution is -2.38. The van der Waals surface area contributed by atoms with Gasteiger partial charge in [-0.2, -0.15) is 0 Å². The minimum absolute atomic E-state index is 0.0861. The number of nitrogens with two attached hydrogens (primary N) is 1. The van der Waals surface area contributed by atoms with E-state index in [-0.39, 0.29) is 23.9 Å². The van der Waals surface area contributed by atoms with E-state index in [1.807, 2.05) is 0 Å². The van der Waals surface area contributed by atoms with Gasteiger partial charge in [-0.1, -0.05) is 6.07 Å². The molecular formula is C14H19N3O4. The molecule has 1 atom stereocenters. The quantitative estimate of drug-likeness (QED) is 0.654. The molecule has 0 aliphatic carbocycles. The fourth-order valence-electron chi connectivity index (χ4n) is 2.37. The highest BCUT2D eigenvalue weighted by molar-refractivity contribution is 5.81. The van der Waals surface area contributed by atoms with Gasteiger partial charge in [-0.05, 0) is 31.4 Å². The van der Waals surface area contributed by atoms with Gasteiger partial charge in [0.1, 0.15) is 0 Å². The molecule has 0 saturated carbocycles. The molecule has 0 radical (unpaired) electrons. The van der Waals surface area contributed by atoms with Crippen molar-refractivity contribution >= 4 is 11.6 Å². The lowest BCUT2D eigenvalue weighted by atomic mass is 10.2. The number of likely N-dealkylation sites (tertiary alicyclic amines) is 1. The van der Waals surface area contributed by atoms with Crippen molar-refractivity contribution in [1.82, 2.24) is 4.90 Å². The highest BCUT2D eigenvalue weighted by atomic mass is 16.6. The Bertz CT molecular complexity index is 541. The average Bonchev–Trinajstić information content (AvgIpc) is 3.00. The number of rotatable bonds is 5. The van der Waals surface area contributed by atoms with Crippen LogP contribution in [-0.4, -0.2) is 34.9 Å². The molecule has 1 aromatic carbocycles. The summed E-state index contributed by atoms with van der Waals surface area (Å²) < 4.78 is 5.54. The Kier molecular flexibility index (Phi) is 4.74. The molecule has 2 rings (SSSR count). The van der Waals surface area contributed by atoms with Gasteiger partial charge >= 0.3 is 5.69 Å². The van der Waals surface area contributed by atoms with Crippen LogP contribution >= 0.6 is 0 Å². The molecule has 1 aromatic rings. The lowest BCUT2D eigenvalue weighted by molar-refractivity contribution is -0.386. The Balaban J connectivity index is 2.16. The molecule has 1 unspecified atom stereocenters. The van der Waals surface area contributed by atoms with Crippen molar-refractivity contribution in [3.8, 4) is 5.75 Å². The van der Waals surface area contributed by atoms with E-state index in [0.717, 1.165) is 31.5 Å². The number of carbonyl (C=O) groups is 1. The maximum Gasteiger partial charge on any atom is 0.310 e. The van der Waals surface area contributed by atoms with Gasteiger partial charge in [0, 0.05) is 25.7 Å². The number of nitro benzene ring substituents is 1. The molecule has 0 spiro atoms. The number of nitro groups is 1. The SMILES string of the molecule is CC(Oc1cc(CN)ccc1[N+](=O)[O-])C(=O)N1CCCC1. The maximum absolute atomic E-state index is 12.2. The summed E-state index contributed by atoms with van der Waals surface area (Å²) in [4.78, 5) is 24.4. The summed E-state index contributed by atoms with van der Waals surface area (Å²) >= 11 is 0. The highest BCUT2D eigenvalue weighted by Crippen LogP contribution is 2.29. The van der Waals surface area contributed by atoms with E-state index in [1.165, 1.54) is 12.1 Å². The summed E-state index contributed by atoms with van der Waals surface area (Å²) in [7, 11) is 0. The Morgan fingerprint density at radius 1 is 1.48 bits per heavy atom. The molecule has 0 bridgehead atoms. The third-order valence-corrected chi connectivity index (χ3v) is 3.53. The molecule has 7 heteroatoms. The number of amides is 1. The second-order valence-corrected chi connectivity index (χ2v) is 5.06. The Hall–Kier alpha value is -2.15. The van der Waals surface area contributed by atoms with Gasteiger partial charge in [-0.15, -0.1) is 0 Å². The lowest BCUT2D eigenvalue weighted by Gasteiger charge is -2.21. The zero-order valence-corrected chi connectivity index (χ0v) is 11.9. The van der Waals surface area contributed by atoms with E-state index in [9.17, 15) is 14.9 Å². The van der Waals surface area contributed by atoms with Crippen LogP contribution in [0.4, 0.5) is 5.69 Å². The van der Waals surface area contributed by atoms with Gasteiger partial charge in [0.15, 0.2) is 11.9 Å². The number of nitrogens with zero attached hydrogens (tertiary/aromatic N) is 2. The van der Waals surface area contributed by atoms with Crippen LogP contribution in [0.5, 0.6) is 5.75 Å². The summed E-state index contributed by atoms with van der Waals surface area (Å²) in [5, 5.41) is 11.0. The van der Waals surface area contributed by atoms with Gasteiger partial charge in [-0.3, -0.25) is 14.9 Å². The first-order valence-electron chi connectivity index (χ1n) is 6.95. The number of carbonyl (C=O) groups excluding carboxylic acids is 1. The molecule has 1 amide bonds. The second kappa shape index (κ2) is 6.53. The number of hydrogen-bond acceptors (Lipinski definition) is 5. The molecule has 114 valence electrons. The molecule has 7 nitrogen and oxygen atoms in total. The number of hydrogen-bond donors (Lipinski definition) is 1.